The fraction of sp³-hybridized carbons (Fsp3) is 0.333. The Kier molecular flexibility index (Phi) is 5.02. The predicted molar refractivity (Wildman–Crippen MR) is 68.6 cm³/mol. The van der Waals surface area contributed by atoms with E-state index >= 15 is 0 Å². The topological polar surface area (TPSA) is 132 Å². The molecule has 0 aliphatic heterocycles. The van der Waals surface area contributed by atoms with Crippen LogP contribution in [-0.2, 0) is 20.0 Å². The van der Waals surface area contributed by atoms with Crippen LogP contribution in [0, 0.1) is 11.6 Å². The van der Waals surface area contributed by atoms with E-state index in [9.17, 15) is 25.6 Å². The molecule has 0 amide bonds. The monoisotopic (exact) mass is 329 g/mol. The maximum absolute atomic E-state index is 13.4. The minimum absolute atomic E-state index is 0.107. The van der Waals surface area contributed by atoms with Gasteiger partial charge in [0.05, 0.1) is 5.75 Å². The summed E-state index contributed by atoms with van der Waals surface area (Å²) in [5, 5.41) is 4.73. The SMILES string of the molecule is Nc1cc(F)c(F)c(S(=O)(=O)NCCCS(N)(=O)=O)c1. The second kappa shape index (κ2) is 5.99. The molecule has 1 aromatic rings. The number of rotatable bonds is 6. The number of primary sulfonamides is 1. The second-order valence-corrected chi connectivity index (χ2v) is 7.40. The Morgan fingerprint density at radius 1 is 1.15 bits per heavy atom. The summed E-state index contributed by atoms with van der Waals surface area (Å²) in [5.41, 5.74) is 4.99. The lowest BCUT2D eigenvalue weighted by Gasteiger charge is -2.08. The van der Waals surface area contributed by atoms with Crippen molar-refractivity contribution in [3.63, 3.8) is 0 Å². The van der Waals surface area contributed by atoms with E-state index in [1.165, 1.54) is 0 Å². The van der Waals surface area contributed by atoms with Crippen molar-refractivity contribution in [2.75, 3.05) is 18.0 Å². The minimum atomic E-state index is -4.33. The molecule has 0 aliphatic carbocycles. The number of sulfonamides is 2. The van der Waals surface area contributed by atoms with Gasteiger partial charge in [-0.2, -0.15) is 0 Å². The molecular weight excluding hydrogens is 316 g/mol. The van der Waals surface area contributed by atoms with Gasteiger partial charge in [-0.1, -0.05) is 0 Å². The summed E-state index contributed by atoms with van der Waals surface area (Å²) in [6.45, 7) is -0.297. The molecule has 1 aromatic carbocycles. The first-order valence-electron chi connectivity index (χ1n) is 5.27. The lowest BCUT2D eigenvalue weighted by atomic mass is 10.3. The summed E-state index contributed by atoms with van der Waals surface area (Å²) in [7, 11) is -8.05. The molecule has 5 N–H and O–H groups in total. The van der Waals surface area contributed by atoms with E-state index in [2.05, 4.69) is 0 Å². The van der Waals surface area contributed by atoms with Crippen molar-refractivity contribution < 1.29 is 25.6 Å². The molecule has 0 atom stereocenters. The number of nitrogens with one attached hydrogen (secondary N) is 1. The van der Waals surface area contributed by atoms with E-state index in [-0.39, 0.29) is 18.7 Å². The normalized spacial score (nSPS) is 12.6. The number of nitrogens with two attached hydrogens (primary N) is 2. The number of halogens is 2. The van der Waals surface area contributed by atoms with Crippen LogP contribution in [0.3, 0.4) is 0 Å². The van der Waals surface area contributed by atoms with E-state index in [1.54, 1.807) is 0 Å². The first-order valence-corrected chi connectivity index (χ1v) is 8.47. The number of benzene rings is 1. The van der Waals surface area contributed by atoms with Crippen LogP contribution in [0.1, 0.15) is 6.42 Å². The lowest BCUT2D eigenvalue weighted by molar-refractivity contribution is 0.483. The first-order chi connectivity index (χ1) is 9.03. The van der Waals surface area contributed by atoms with Gasteiger partial charge in [0, 0.05) is 12.2 Å². The maximum atomic E-state index is 13.4. The van der Waals surface area contributed by atoms with Gasteiger partial charge in [-0.15, -0.1) is 0 Å². The van der Waals surface area contributed by atoms with Crippen molar-refractivity contribution in [3.8, 4) is 0 Å². The van der Waals surface area contributed by atoms with Crippen LogP contribution in [0.15, 0.2) is 17.0 Å². The summed E-state index contributed by atoms with van der Waals surface area (Å²) in [5.74, 6) is -3.39. The first kappa shape index (κ1) is 16.8. The molecule has 0 saturated carbocycles. The Labute approximate surface area is 115 Å². The second-order valence-electron chi connectivity index (χ2n) is 3.93. The van der Waals surface area contributed by atoms with E-state index in [0.717, 1.165) is 6.07 Å². The van der Waals surface area contributed by atoms with Gasteiger partial charge >= 0.3 is 0 Å². The number of anilines is 1. The maximum Gasteiger partial charge on any atom is 0.243 e. The van der Waals surface area contributed by atoms with E-state index in [0.29, 0.717) is 6.07 Å². The van der Waals surface area contributed by atoms with Gasteiger partial charge < -0.3 is 5.73 Å². The van der Waals surface area contributed by atoms with Crippen LogP contribution in [0.4, 0.5) is 14.5 Å². The van der Waals surface area contributed by atoms with Gasteiger partial charge in [-0.25, -0.2) is 35.5 Å². The highest BCUT2D eigenvalue weighted by atomic mass is 32.2. The summed E-state index contributed by atoms with van der Waals surface area (Å²) < 4.78 is 73.2. The smallest absolute Gasteiger partial charge is 0.243 e. The Hall–Kier alpha value is -1.30. The van der Waals surface area contributed by atoms with Crippen LogP contribution >= 0.6 is 0 Å². The summed E-state index contributed by atoms with van der Waals surface area (Å²) in [4.78, 5) is -0.939. The van der Waals surface area contributed by atoms with Gasteiger partial charge in [-0.05, 0) is 18.6 Å². The Morgan fingerprint density at radius 2 is 1.75 bits per heavy atom. The van der Waals surface area contributed by atoms with Crippen molar-refractivity contribution in [1.29, 1.82) is 0 Å². The van der Waals surface area contributed by atoms with Crippen LogP contribution < -0.4 is 15.6 Å². The molecule has 0 bridgehead atoms. The quantitative estimate of drug-likeness (QED) is 0.478. The fourth-order valence-corrected chi connectivity index (χ4v) is 3.08. The molecule has 0 heterocycles. The fourth-order valence-electron chi connectivity index (χ4n) is 1.34. The van der Waals surface area contributed by atoms with E-state index in [4.69, 9.17) is 10.9 Å². The zero-order chi connectivity index (χ0) is 15.6. The summed E-state index contributed by atoms with van der Waals surface area (Å²) in [6.07, 6.45) is -0.107. The highest BCUT2D eigenvalue weighted by molar-refractivity contribution is 7.89. The molecule has 7 nitrogen and oxygen atoms in total. The van der Waals surface area contributed by atoms with Crippen LogP contribution in [-0.4, -0.2) is 29.1 Å². The molecule has 11 heteroatoms. The number of nitrogen functional groups attached to an aromatic ring is 1. The third-order valence-corrected chi connectivity index (χ3v) is 4.52. The predicted octanol–water partition coefficient (Wildman–Crippen LogP) is -0.496. The molecule has 0 saturated heterocycles. The molecule has 0 unspecified atom stereocenters. The van der Waals surface area contributed by atoms with Crippen molar-refractivity contribution in [2.45, 2.75) is 11.3 Å². The Bertz CT molecular complexity index is 704. The molecule has 0 fully saturated rings. The number of hydrogen-bond donors (Lipinski definition) is 3. The van der Waals surface area contributed by atoms with Crippen LogP contribution in [0.25, 0.3) is 0 Å². The third-order valence-electron chi connectivity index (χ3n) is 2.20. The third kappa shape index (κ3) is 4.67. The highest BCUT2D eigenvalue weighted by Crippen LogP contribution is 2.20. The molecular formula is C9H13F2N3O4S2. The molecule has 114 valence electrons. The summed E-state index contributed by atoms with van der Waals surface area (Å²) in [6, 6.07) is 1.41. The van der Waals surface area contributed by atoms with Crippen molar-refractivity contribution in [3.05, 3.63) is 23.8 Å². The van der Waals surface area contributed by atoms with Gasteiger partial charge in [-0.3, -0.25) is 0 Å². The minimum Gasteiger partial charge on any atom is -0.399 e. The molecule has 0 radical (unpaired) electrons. The Balaban J connectivity index is 2.85. The average molecular weight is 329 g/mol. The molecule has 1 rings (SSSR count). The van der Waals surface area contributed by atoms with Crippen LogP contribution in [0.2, 0.25) is 0 Å². The zero-order valence-corrected chi connectivity index (χ0v) is 11.8. The van der Waals surface area contributed by atoms with E-state index in [1.807, 2.05) is 4.72 Å². The molecule has 0 aromatic heterocycles. The highest BCUT2D eigenvalue weighted by Gasteiger charge is 2.22. The van der Waals surface area contributed by atoms with Crippen molar-refractivity contribution >= 4 is 25.7 Å². The van der Waals surface area contributed by atoms with Crippen molar-refractivity contribution in [2.24, 2.45) is 5.14 Å². The van der Waals surface area contributed by atoms with Gasteiger partial charge in [0.1, 0.15) is 4.90 Å². The van der Waals surface area contributed by atoms with Gasteiger partial charge in [0.15, 0.2) is 11.6 Å². The Morgan fingerprint density at radius 3 is 2.30 bits per heavy atom. The van der Waals surface area contributed by atoms with Crippen LogP contribution in [0.5, 0.6) is 0 Å². The lowest BCUT2D eigenvalue weighted by Crippen LogP contribution is -2.28. The van der Waals surface area contributed by atoms with E-state index < -0.39 is 42.3 Å². The van der Waals surface area contributed by atoms with Gasteiger partial charge in [0.25, 0.3) is 0 Å². The zero-order valence-electron chi connectivity index (χ0n) is 10.1. The molecule has 20 heavy (non-hydrogen) atoms. The van der Waals surface area contributed by atoms with Crippen molar-refractivity contribution in [1.82, 2.24) is 4.72 Å². The standard InChI is InChI=1S/C9H13F2N3O4S2/c10-7-4-6(12)5-8(9(7)11)20(17,18)14-2-1-3-19(13,15)16/h4-5,14H,1-3,12H2,(H2,13,15,16). The molecule has 0 spiro atoms. The largest absolute Gasteiger partial charge is 0.399 e. The summed E-state index contributed by atoms with van der Waals surface area (Å²) >= 11 is 0. The number of hydrogen-bond acceptors (Lipinski definition) is 5. The average Bonchev–Trinajstić information content (AvgIpc) is 2.28. The van der Waals surface area contributed by atoms with Gasteiger partial charge in [0.2, 0.25) is 20.0 Å². The molecule has 0 aliphatic rings.